The monoisotopic (exact) mass is 213 g/mol. The molecule has 1 N–H and O–H groups in total. The lowest BCUT2D eigenvalue weighted by Gasteiger charge is -2.23. The van der Waals surface area contributed by atoms with Crippen LogP contribution >= 0.6 is 0 Å². The molecular weight excluding hydrogens is 198 g/mol. The first-order valence-corrected chi connectivity index (χ1v) is 5.35. The van der Waals surface area contributed by atoms with Crippen LogP contribution in [0.25, 0.3) is 0 Å². The summed E-state index contributed by atoms with van der Waals surface area (Å²) in [7, 11) is 0. The van der Waals surface area contributed by atoms with Gasteiger partial charge in [-0.25, -0.2) is 0 Å². The minimum absolute atomic E-state index is 0.574. The van der Waals surface area contributed by atoms with E-state index in [1.807, 2.05) is 49.4 Å². The van der Waals surface area contributed by atoms with Crippen molar-refractivity contribution in [2.45, 2.75) is 18.9 Å². The second-order valence-electron chi connectivity index (χ2n) is 4.18. The van der Waals surface area contributed by atoms with Crippen LogP contribution in [0.1, 0.15) is 18.1 Å². The van der Waals surface area contributed by atoms with E-state index in [1.165, 1.54) is 0 Å². The number of pyridine rings is 1. The van der Waals surface area contributed by atoms with Crippen LogP contribution < -0.4 is 0 Å². The van der Waals surface area contributed by atoms with E-state index in [4.69, 9.17) is 0 Å². The third-order valence-corrected chi connectivity index (χ3v) is 2.67. The van der Waals surface area contributed by atoms with Gasteiger partial charge in [0.1, 0.15) is 0 Å². The van der Waals surface area contributed by atoms with E-state index in [1.54, 1.807) is 12.4 Å². The predicted molar refractivity (Wildman–Crippen MR) is 64.0 cm³/mol. The molecule has 2 heteroatoms. The Balaban J connectivity index is 2.21. The zero-order valence-electron chi connectivity index (χ0n) is 9.30. The van der Waals surface area contributed by atoms with Crippen LogP contribution in [0, 0.1) is 0 Å². The summed E-state index contributed by atoms with van der Waals surface area (Å²) in [6.45, 7) is 1.83. The molecule has 1 heterocycles. The molecule has 0 aliphatic rings. The van der Waals surface area contributed by atoms with E-state index in [0.717, 1.165) is 11.1 Å². The Hall–Kier alpha value is -1.67. The van der Waals surface area contributed by atoms with Gasteiger partial charge < -0.3 is 5.11 Å². The smallest absolute Gasteiger partial charge is 0.0909 e. The number of hydrogen-bond donors (Lipinski definition) is 1. The molecule has 0 aliphatic carbocycles. The van der Waals surface area contributed by atoms with Crippen LogP contribution in [0.5, 0.6) is 0 Å². The molecule has 0 bridgehead atoms. The van der Waals surface area contributed by atoms with Gasteiger partial charge in [0, 0.05) is 18.8 Å². The van der Waals surface area contributed by atoms with Crippen LogP contribution in [-0.2, 0) is 12.0 Å². The van der Waals surface area contributed by atoms with Crippen molar-refractivity contribution in [3.63, 3.8) is 0 Å². The Morgan fingerprint density at radius 1 is 1.12 bits per heavy atom. The average molecular weight is 213 g/mol. The molecule has 0 radical (unpaired) electrons. The maximum Gasteiger partial charge on any atom is 0.0909 e. The molecule has 2 nitrogen and oxygen atoms in total. The fourth-order valence-electron chi connectivity index (χ4n) is 1.80. The maximum atomic E-state index is 10.4. The molecule has 0 saturated carbocycles. The van der Waals surface area contributed by atoms with Crippen LogP contribution in [-0.4, -0.2) is 10.1 Å². The van der Waals surface area contributed by atoms with Gasteiger partial charge in [-0.15, -0.1) is 0 Å². The first-order valence-electron chi connectivity index (χ1n) is 5.35. The summed E-state index contributed by atoms with van der Waals surface area (Å²) in [6, 6.07) is 13.6. The van der Waals surface area contributed by atoms with Gasteiger partial charge in [-0.1, -0.05) is 36.4 Å². The number of hydrogen-bond acceptors (Lipinski definition) is 2. The minimum atomic E-state index is -0.843. The lowest BCUT2D eigenvalue weighted by molar-refractivity contribution is 0.0575. The third-order valence-electron chi connectivity index (χ3n) is 2.67. The molecule has 0 aliphatic heterocycles. The van der Waals surface area contributed by atoms with Gasteiger partial charge in [-0.2, -0.15) is 0 Å². The average Bonchev–Trinajstić information content (AvgIpc) is 2.31. The van der Waals surface area contributed by atoms with Gasteiger partial charge in [0.2, 0.25) is 0 Å². The molecule has 16 heavy (non-hydrogen) atoms. The summed E-state index contributed by atoms with van der Waals surface area (Å²) in [4.78, 5) is 4.05. The van der Waals surface area contributed by atoms with E-state index in [2.05, 4.69) is 4.98 Å². The molecule has 1 atom stereocenters. The topological polar surface area (TPSA) is 33.1 Å². The Bertz CT molecular complexity index is 437. The van der Waals surface area contributed by atoms with E-state index in [9.17, 15) is 5.11 Å². The Morgan fingerprint density at radius 3 is 2.50 bits per heavy atom. The second kappa shape index (κ2) is 4.45. The Morgan fingerprint density at radius 2 is 1.88 bits per heavy atom. The lowest BCUT2D eigenvalue weighted by Crippen LogP contribution is -2.24. The van der Waals surface area contributed by atoms with Gasteiger partial charge in [0.05, 0.1) is 5.60 Å². The third kappa shape index (κ3) is 2.47. The minimum Gasteiger partial charge on any atom is -0.385 e. The highest BCUT2D eigenvalue weighted by Gasteiger charge is 2.22. The lowest BCUT2D eigenvalue weighted by atomic mass is 9.90. The summed E-state index contributed by atoms with van der Waals surface area (Å²) >= 11 is 0. The van der Waals surface area contributed by atoms with Gasteiger partial charge in [-0.05, 0) is 24.1 Å². The van der Waals surface area contributed by atoms with Crippen LogP contribution in [0.4, 0.5) is 0 Å². The Labute approximate surface area is 95.6 Å². The summed E-state index contributed by atoms with van der Waals surface area (Å²) in [5.41, 5.74) is 1.12. The fourth-order valence-corrected chi connectivity index (χ4v) is 1.80. The molecule has 2 aromatic rings. The van der Waals surface area contributed by atoms with Crippen molar-refractivity contribution in [1.29, 1.82) is 0 Å². The van der Waals surface area contributed by atoms with Crippen LogP contribution in [0.15, 0.2) is 54.9 Å². The summed E-state index contributed by atoms with van der Waals surface area (Å²) < 4.78 is 0. The SMILES string of the molecule is C[C@](O)(Cc1cccnc1)c1ccccc1. The summed E-state index contributed by atoms with van der Waals surface area (Å²) in [5, 5.41) is 10.4. The second-order valence-corrected chi connectivity index (χ2v) is 4.18. The van der Waals surface area contributed by atoms with Crippen molar-refractivity contribution in [3.8, 4) is 0 Å². The zero-order chi connectivity index (χ0) is 11.4. The fraction of sp³-hybridized carbons (Fsp3) is 0.214. The number of aliphatic hydroxyl groups is 1. The molecule has 0 spiro atoms. The summed E-state index contributed by atoms with van der Waals surface area (Å²) in [6.07, 6.45) is 4.10. The predicted octanol–water partition coefficient (Wildman–Crippen LogP) is 2.53. The zero-order valence-corrected chi connectivity index (χ0v) is 9.30. The van der Waals surface area contributed by atoms with E-state index >= 15 is 0 Å². The first-order chi connectivity index (χ1) is 7.68. The Kier molecular flexibility index (Phi) is 3.02. The highest BCUT2D eigenvalue weighted by Crippen LogP contribution is 2.24. The molecule has 0 saturated heterocycles. The van der Waals surface area contributed by atoms with Crippen molar-refractivity contribution < 1.29 is 5.11 Å². The maximum absolute atomic E-state index is 10.4. The molecule has 1 aromatic heterocycles. The van der Waals surface area contributed by atoms with E-state index < -0.39 is 5.60 Å². The standard InChI is InChI=1S/C14H15NO/c1-14(16,13-7-3-2-4-8-13)10-12-6-5-9-15-11-12/h2-9,11,16H,10H2,1H3/t14-/m0/s1. The number of nitrogens with zero attached hydrogens (tertiary/aromatic N) is 1. The van der Waals surface area contributed by atoms with Crippen molar-refractivity contribution in [3.05, 3.63) is 66.0 Å². The molecule has 0 fully saturated rings. The van der Waals surface area contributed by atoms with Crippen LogP contribution in [0.2, 0.25) is 0 Å². The van der Waals surface area contributed by atoms with Crippen molar-refractivity contribution in [2.24, 2.45) is 0 Å². The number of aromatic nitrogens is 1. The van der Waals surface area contributed by atoms with Crippen LogP contribution in [0.3, 0.4) is 0 Å². The van der Waals surface area contributed by atoms with Crippen molar-refractivity contribution in [2.75, 3.05) is 0 Å². The number of rotatable bonds is 3. The van der Waals surface area contributed by atoms with Crippen molar-refractivity contribution in [1.82, 2.24) is 4.98 Å². The highest BCUT2D eigenvalue weighted by molar-refractivity contribution is 5.24. The van der Waals surface area contributed by atoms with Gasteiger partial charge in [-0.3, -0.25) is 4.98 Å². The normalized spacial score (nSPS) is 14.4. The van der Waals surface area contributed by atoms with Gasteiger partial charge >= 0.3 is 0 Å². The van der Waals surface area contributed by atoms with E-state index in [0.29, 0.717) is 6.42 Å². The quantitative estimate of drug-likeness (QED) is 0.850. The molecule has 0 amide bonds. The molecule has 1 aromatic carbocycles. The van der Waals surface area contributed by atoms with Gasteiger partial charge in [0.15, 0.2) is 0 Å². The number of benzene rings is 1. The summed E-state index contributed by atoms with van der Waals surface area (Å²) in [5.74, 6) is 0. The molecule has 82 valence electrons. The molecular formula is C14H15NO. The highest BCUT2D eigenvalue weighted by atomic mass is 16.3. The van der Waals surface area contributed by atoms with Crippen molar-refractivity contribution >= 4 is 0 Å². The molecule has 0 unspecified atom stereocenters. The molecule has 2 rings (SSSR count). The largest absolute Gasteiger partial charge is 0.385 e. The van der Waals surface area contributed by atoms with Gasteiger partial charge in [0.25, 0.3) is 0 Å². The first kappa shape index (κ1) is 10.8. The van der Waals surface area contributed by atoms with E-state index in [-0.39, 0.29) is 0 Å².